The number of anilines is 4. The first-order valence-corrected chi connectivity index (χ1v) is 12.4. The predicted octanol–water partition coefficient (Wildman–Crippen LogP) is 6.51. The first kappa shape index (κ1) is 24.6. The number of ether oxygens (including phenoxy) is 1. The lowest BCUT2D eigenvalue weighted by Gasteiger charge is -2.11. The second kappa shape index (κ2) is 11.7. The molecule has 0 saturated heterocycles. The number of carbonyl (C=O) groups excluding carboxylic acids is 1. The van der Waals surface area contributed by atoms with Crippen molar-refractivity contribution in [2.24, 2.45) is 0 Å². The third-order valence-corrected chi connectivity index (χ3v) is 6.23. The van der Waals surface area contributed by atoms with Gasteiger partial charge in [-0.25, -0.2) is 4.79 Å². The minimum Gasteiger partial charge on any atom is -0.462 e. The molecule has 0 fully saturated rings. The lowest BCUT2D eigenvalue weighted by atomic mass is 10.1. The van der Waals surface area contributed by atoms with Gasteiger partial charge in [0.25, 0.3) is 0 Å². The van der Waals surface area contributed by atoms with Gasteiger partial charge in [0.2, 0.25) is 0 Å². The highest BCUT2D eigenvalue weighted by Crippen LogP contribution is 2.31. The molecule has 178 valence electrons. The second-order valence-corrected chi connectivity index (χ2v) is 9.29. The number of aromatic nitrogens is 2. The van der Waals surface area contributed by atoms with Crippen LogP contribution in [-0.4, -0.2) is 27.9 Å². The summed E-state index contributed by atoms with van der Waals surface area (Å²) in [5, 5.41) is 18.6. The molecule has 0 radical (unpaired) electrons. The van der Waals surface area contributed by atoms with Crippen LogP contribution in [0.3, 0.4) is 0 Å². The molecule has 0 aliphatic heterocycles. The van der Waals surface area contributed by atoms with Crippen molar-refractivity contribution in [3.8, 4) is 0 Å². The standard InChI is InChI=1S/C25H22ClN5O2S2/c1-2-33-24(32)20-15-19(14-16-6-4-3-5-7-16)35-23(20)29-25(34)28-18-10-8-17(9-11-18)27-22-13-12-21(26)30-31-22/h3-13,15H,2,14H2,1H3,(H,27,31)(H2,28,29,34). The molecule has 0 amide bonds. The maximum atomic E-state index is 12.5. The number of nitrogens with one attached hydrogen (secondary N) is 3. The van der Waals surface area contributed by atoms with Crippen LogP contribution in [0.1, 0.15) is 27.7 Å². The Balaban J connectivity index is 1.42. The molecule has 2 aromatic carbocycles. The van der Waals surface area contributed by atoms with Crippen LogP contribution < -0.4 is 16.0 Å². The molecule has 0 unspecified atom stereocenters. The number of hydrogen-bond acceptors (Lipinski definition) is 7. The molecule has 2 heterocycles. The Bertz CT molecular complexity index is 1300. The number of esters is 1. The van der Waals surface area contributed by atoms with Gasteiger partial charge in [-0.15, -0.1) is 21.5 Å². The van der Waals surface area contributed by atoms with E-state index in [4.69, 9.17) is 28.6 Å². The summed E-state index contributed by atoms with van der Waals surface area (Å²) >= 11 is 12.8. The molecule has 0 bridgehead atoms. The van der Waals surface area contributed by atoms with Crippen LogP contribution in [0.4, 0.5) is 22.2 Å². The SMILES string of the molecule is CCOC(=O)c1cc(Cc2ccccc2)sc1NC(=S)Nc1ccc(Nc2ccc(Cl)nn2)cc1. The first-order chi connectivity index (χ1) is 17.0. The van der Waals surface area contributed by atoms with Crippen LogP contribution in [-0.2, 0) is 11.2 Å². The predicted molar refractivity (Wildman–Crippen MR) is 146 cm³/mol. The van der Waals surface area contributed by atoms with Crippen LogP contribution in [0.15, 0.2) is 72.8 Å². The Morgan fingerprint density at radius 1 is 1.00 bits per heavy atom. The quantitative estimate of drug-likeness (QED) is 0.178. The Hall–Kier alpha value is -3.53. The molecule has 7 nitrogen and oxygen atoms in total. The summed E-state index contributed by atoms with van der Waals surface area (Å²) < 4.78 is 5.24. The molecule has 4 aromatic rings. The van der Waals surface area contributed by atoms with Crippen molar-refractivity contribution in [1.82, 2.24) is 10.2 Å². The highest BCUT2D eigenvalue weighted by atomic mass is 35.5. The number of thiophene rings is 1. The summed E-state index contributed by atoms with van der Waals surface area (Å²) in [7, 11) is 0. The number of rotatable bonds is 8. The van der Waals surface area contributed by atoms with Crippen LogP contribution in [0.5, 0.6) is 0 Å². The third-order valence-electron chi connectivity index (χ3n) is 4.77. The van der Waals surface area contributed by atoms with Gasteiger partial charge in [0.15, 0.2) is 16.1 Å². The topological polar surface area (TPSA) is 88.2 Å². The normalized spacial score (nSPS) is 10.5. The van der Waals surface area contributed by atoms with E-state index in [1.165, 1.54) is 11.3 Å². The van der Waals surface area contributed by atoms with Crippen molar-refractivity contribution >= 4 is 68.4 Å². The molecular weight excluding hydrogens is 502 g/mol. The van der Waals surface area contributed by atoms with Crippen molar-refractivity contribution in [3.63, 3.8) is 0 Å². The highest BCUT2D eigenvalue weighted by Gasteiger charge is 2.18. The van der Waals surface area contributed by atoms with E-state index in [0.717, 1.165) is 21.8 Å². The van der Waals surface area contributed by atoms with Crippen LogP contribution >= 0.6 is 35.2 Å². The van der Waals surface area contributed by atoms with E-state index in [1.54, 1.807) is 19.1 Å². The lowest BCUT2D eigenvalue weighted by molar-refractivity contribution is 0.0528. The fourth-order valence-corrected chi connectivity index (χ4v) is 4.68. The molecule has 10 heteroatoms. The van der Waals surface area contributed by atoms with Crippen molar-refractivity contribution in [2.45, 2.75) is 13.3 Å². The fraction of sp³-hybridized carbons (Fsp3) is 0.120. The van der Waals surface area contributed by atoms with Gasteiger partial charge < -0.3 is 20.7 Å². The minimum atomic E-state index is -0.380. The zero-order valence-corrected chi connectivity index (χ0v) is 21.1. The maximum absolute atomic E-state index is 12.5. The summed E-state index contributed by atoms with van der Waals surface area (Å²) in [4.78, 5) is 13.6. The van der Waals surface area contributed by atoms with E-state index in [2.05, 4.69) is 38.3 Å². The van der Waals surface area contributed by atoms with E-state index in [-0.39, 0.29) is 5.97 Å². The summed E-state index contributed by atoms with van der Waals surface area (Å²) in [6, 6.07) is 22.9. The Morgan fingerprint density at radius 2 is 1.74 bits per heavy atom. The highest BCUT2D eigenvalue weighted by molar-refractivity contribution is 7.80. The van der Waals surface area contributed by atoms with Gasteiger partial charge in [-0.05, 0) is 67.2 Å². The van der Waals surface area contributed by atoms with E-state index in [1.807, 2.05) is 48.5 Å². The fourth-order valence-electron chi connectivity index (χ4n) is 3.21. The monoisotopic (exact) mass is 523 g/mol. The van der Waals surface area contributed by atoms with E-state index < -0.39 is 0 Å². The molecular formula is C25H22ClN5O2S2. The second-order valence-electron chi connectivity index (χ2n) is 7.36. The molecule has 2 aromatic heterocycles. The Labute approximate surface area is 217 Å². The number of nitrogens with zero attached hydrogens (tertiary/aromatic N) is 2. The van der Waals surface area contributed by atoms with Crippen molar-refractivity contribution in [3.05, 3.63) is 94.0 Å². The zero-order valence-electron chi connectivity index (χ0n) is 18.7. The van der Waals surface area contributed by atoms with E-state index >= 15 is 0 Å². The van der Waals surface area contributed by atoms with Crippen molar-refractivity contribution in [1.29, 1.82) is 0 Å². The molecule has 4 rings (SSSR count). The number of hydrogen-bond donors (Lipinski definition) is 3. The van der Waals surface area contributed by atoms with Gasteiger partial charge in [-0.2, -0.15) is 0 Å². The summed E-state index contributed by atoms with van der Waals surface area (Å²) in [6.45, 7) is 2.08. The molecule has 0 aliphatic carbocycles. The van der Waals surface area contributed by atoms with Crippen LogP contribution in [0, 0.1) is 0 Å². The van der Waals surface area contributed by atoms with Gasteiger partial charge in [-0.1, -0.05) is 41.9 Å². The molecule has 0 spiro atoms. The number of halogens is 1. The van der Waals surface area contributed by atoms with Gasteiger partial charge in [0.05, 0.1) is 12.2 Å². The average molecular weight is 524 g/mol. The lowest BCUT2D eigenvalue weighted by Crippen LogP contribution is -2.20. The van der Waals surface area contributed by atoms with E-state index in [9.17, 15) is 4.79 Å². The van der Waals surface area contributed by atoms with Gasteiger partial charge >= 0.3 is 5.97 Å². The number of carbonyl (C=O) groups is 1. The molecule has 0 aliphatic rings. The van der Waals surface area contributed by atoms with Crippen LogP contribution in [0.2, 0.25) is 5.15 Å². The van der Waals surface area contributed by atoms with Crippen molar-refractivity contribution < 1.29 is 9.53 Å². The molecule has 0 atom stereocenters. The summed E-state index contributed by atoms with van der Waals surface area (Å²) in [5.74, 6) is 0.205. The zero-order chi connectivity index (χ0) is 24.6. The van der Waals surface area contributed by atoms with E-state index in [0.29, 0.717) is 39.7 Å². The smallest absolute Gasteiger partial charge is 0.341 e. The molecule has 0 saturated carbocycles. The Morgan fingerprint density at radius 3 is 2.43 bits per heavy atom. The summed E-state index contributed by atoms with van der Waals surface area (Å²) in [5.41, 5.74) is 3.25. The van der Waals surface area contributed by atoms with Crippen LogP contribution in [0.25, 0.3) is 0 Å². The molecule has 35 heavy (non-hydrogen) atoms. The number of thiocarbonyl (C=S) groups is 1. The Kier molecular flexibility index (Phi) is 8.25. The summed E-state index contributed by atoms with van der Waals surface area (Å²) in [6.07, 6.45) is 0.715. The first-order valence-electron chi connectivity index (χ1n) is 10.8. The largest absolute Gasteiger partial charge is 0.462 e. The van der Waals surface area contributed by atoms with Gasteiger partial charge in [0, 0.05) is 22.7 Å². The van der Waals surface area contributed by atoms with Gasteiger partial charge in [0.1, 0.15) is 5.00 Å². The number of benzene rings is 2. The van der Waals surface area contributed by atoms with Crippen molar-refractivity contribution in [2.75, 3.05) is 22.6 Å². The average Bonchev–Trinajstić information content (AvgIpc) is 3.24. The maximum Gasteiger partial charge on any atom is 0.341 e. The third kappa shape index (κ3) is 6.98. The van der Waals surface area contributed by atoms with Gasteiger partial charge in [-0.3, -0.25) is 0 Å². The molecule has 3 N–H and O–H groups in total. The minimum absolute atomic E-state index is 0.298.